The summed E-state index contributed by atoms with van der Waals surface area (Å²) in [4.78, 5) is 23.5. The Labute approximate surface area is 143 Å². The molecule has 3 aromatic rings. The summed E-state index contributed by atoms with van der Waals surface area (Å²) in [5, 5.41) is 14.5. The highest BCUT2D eigenvalue weighted by atomic mass is 32.1. The summed E-state index contributed by atoms with van der Waals surface area (Å²) >= 11 is 1.33. The number of nitrogens with zero attached hydrogens (tertiary/aromatic N) is 1. The monoisotopic (exact) mass is 340 g/mol. The van der Waals surface area contributed by atoms with Gasteiger partial charge >= 0.3 is 0 Å². The molecule has 3 rings (SSSR count). The van der Waals surface area contributed by atoms with Crippen molar-refractivity contribution in [2.24, 2.45) is 0 Å². The van der Waals surface area contributed by atoms with E-state index in [1.165, 1.54) is 23.5 Å². The van der Waals surface area contributed by atoms with E-state index < -0.39 is 4.92 Å². The van der Waals surface area contributed by atoms with Crippen LogP contribution in [-0.4, -0.2) is 10.8 Å². The first-order valence-electron chi connectivity index (χ1n) is 7.42. The van der Waals surface area contributed by atoms with Crippen molar-refractivity contribution in [1.29, 1.82) is 0 Å². The van der Waals surface area contributed by atoms with Gasteiger partial charge in [-0.2, -0.15) is 0 Å². The fraction of sp³-hybridized carbons (Fsp3) is 0.167. The molecule has 0 bridgehead atoms. The summed E-state index contributed by atoms with van der Waals surface area (Å²) in [6, 6.07) is 10.4. The van der Waals surface area contributed by atoms with Gasteiger partial charge in [-0.25, -0.2) is 0 Å². The summed E-state index contributed by atoms with van der Waals surface area (Å²) in [6.07, 6.45) is 0. The summed E-state index contributed by atoms with van der Waals surface area (Å²) < 4.78 is 0.850. The summed E-state index contributed by atoms with van der Waals surface area (Å²) in [6.45, 7) is 5.94. The molecule has 0 aliphatic heterocycles. The van der Waals surface area contributed by atoms with Crippen LogP contribution in [0.1, 0.15) is 26.4 Å². The highest BCUT2D eigenvalue weighted by Crippen LogP contribution is 2.30. The first-order valence-corrected chi connectivity index (χ1v) is 8.24. The van der Waals surface area contributed by atoms with Crippen LogP contribution in [0.25, 0.3) is 10.1 Å². The number of carbonyl (C=O) groups is 1. The third kappa shape index (κ3) is 3.00. The predicted molar refractivity (Wildman–Crippen MR) is 97.1 cm³/mol. The van der Waals surface area contributed by atoms with E-state index in [-0.39, 0.29) is 11.6 Å². The molecule has 122 valence electrons. The minimum absolute atomic E-state index is 0.0254. The number of rotatable bonds is 3. The number of fused-ring (bicyclic) bond motifs is 1. The molecular weight excluding hydrogens is 324 g/mol. The van der Waals surface area contributed by atoms with Crippen LogP contribution >= 0.6 is 11.3 Å². The molecule has 0 atom stereocenters. The number of amides is 1. The molecular formula is C18H16N2O3S. The van der Waals surface area contributed by atoms with Crippen molar-refractivity contribution in [3.8, 4) is 0 Å². The lowest BCUT2D eigenvalue weighted by atomic mass is 10.1. The molecule has 0 unspecified atom stereocenters. The molecule has 6 heteroatoms. The second-order valence-corrected chi connectivity index (χ2v) is 6.90. The molecule has 5 nitrogen and oxygen atoms in total. The van der Waals surface area contributed by atoms with E-state index in [1.54, 1.807) is 12.1 Å². The van der Waals surface area contributed by atoms with E-state index in [4.69, 9.17) is 0 Å². The molecule has 24 heavy (non-hydrogen) atoms. The van der Waals surface area contributed by atoms with Crippen LogP contribution in [0.5, 0.6) is 0 Å². The fourth-order valence-corrected chi connectivity index (χ4v) is 3.75. The normalized spacial score (nSPS) is 10.8. The Morgan fingerprint density at radius 2 is 1.75 bits per heavy atom. The smallest absolute Gasteiger partial charge is 0.270 e. The van der Waals surface area contributed by atoms with Gasteiger partial charge in [-0.3, -0.25) is 14.9 Å². The molecule has 1 heterocycles. The molecule has 0 spiro atoms. The first-order chi connectivity index (χ1) is 11.3. The Balaban J connectivity index is 1.93. The molecule has 1 aromatic heterocycles. The van der Waals surface area contributed by atoms with E-state index in [2.05, 4.69) is 5.32 Å². The lowest BCUT2D eigenvalue weighted by molar-refractivity contribution is -0.384. The molecule has 1 N–H and O–H groups in total. The van der Waals surface area contributed by atoms with Crippen LogP contribution in [0.4, 0.5) is 11.4 Å². The van der Waals surface area contributed by atoms with E-state index >= 15 is 0 Å². The van der Waals surface area contributed by atoms with Crippen molar-refractivity contribution in [2.45, 2.75) is 20.8 Å². The lowest BCUT2D eigenvalue weighted by Gasteiger charge is -2.12. The van der Waals surface area contributed by atoms with Gasteiger partial charge in [0.05, 0.1) is 9.80 Å². The molecule has 2 aromatic carbocycles. The Morgan fingerprint density at radius 3 is 2.38 bits per heavy atom. The van der Waals surface area contributed by atoms with Gasteiger partial charge in [0.25, 0.3) is 11.6 Å². The topological polar surface area (TPSA) is 72.2 Å². The zero-order valence-corrected chi connectivity index (χ0v) is 14.4. The quantitative estimate of drug-likeness (QED) is 0.539. The van der Waals surface area contributed by atoms with Gasteiger partial charge in [0.2, 0.25) is 0 Å². The first kappa shape index (κ1) is 16.1. The van der Waals surface area contributed by atoms with Crippen LogP contribution in [-0.2, 0) is 0 Å². The van der Waals surface area contributed by atoms with Gasteiger partial charge < -0.3 is 5.32 Å². The summed E-state index contributed by atoms with van der Waals surface area (Å²) in [5.74, 6) is -0.200. The van der Waals surface area contributed by atoms with Gasteiger partial charge in [-0.05, 0) is 44.0 Å². The maximum Gasteiger partial charge on any atom is 0.270 e. The second-order valence-electron chi connectivity index (χ2n) is 5.82. The van der Waals surface area contributed by atoms with Crippen LogP contribution in [0.2, 0.25) is 0 Å². The third-order valence-corrected chi connectivity index (χ3v) is 4.96. The number of nitrogens with one attached hydrogen (secondary N) is 1. The number of benzene rings is 2. The highest BCUT2D eigenvalue weighted by Gasteiger charge is 2.15. The standard InChI is InChI=1S/C18H16N2O3S/c1-10-6-11(2)17(12(3)7-10)19-18(21)16-9-13-8-14(20(22)23)4-5-15(13)24-16/h4-9H,1-3H3,(H,19,21). The van der Waals surface area contributed by atoms with E-state index in [0.717, 1.165) is 27.1 Å². The minimum atomic E-state index is -0.435. The number of hydrogen-bond donors (Lipinski definition) is 1. The predicted octanol–water partition coefficient (Wildman–Crippen LogP) is 4.99. The van der Waals surface area contributed by atoms with Crippen molar-refractivity contribution >= 4 is 38.7 Å². The van der Waals surface area contributed by atoms with Crippen LogP contribution in [0.15, 0.2) is 36.4 Å². The van der Waals surface area contributed by atoms with Gasteiger partial charge in [0.1, 0.15) is 0 Å². The van der Waals surface area contributed by atoms with Gasteiger partial charge in [0, 0.05) is 27.9 Å². The number of carbonyl (C=O) groups excluding carboxylic acids is 1. The maximum atomic E-state index is 12.6. The summed E-state index contributed by atoms with van der Waals surface area (Å²) in [7, 11) is 0. The number of nitro groups is 1. The number of anilines is 1. The molecule has 0 aliphatic carbocycles. The molecule has 0 radical (unpaired) electrons. The SMILES string of the molecule is Cc1cc(C)c(NC(=O)c2cc3cc([N+](=O)[O-])ccc3s2)c(C)c1. The Kier molecular flexibility index (Phi) is 4.07. The zero-order valence-electron chi connectivity index (χ0n) is 13.5. The van der Waals surface area contributed by atoms with Gasteiger partial charge in [-0.1, -0.05) is 17.7 Å². The Hall–Kier alpha value is -2.73. The number of non-ortho nitro benzene ring substituents is 1. The third-order valence-electron chi connectivity index (χ3n) is 3.85. The number of hydrogen-bond acceptors (Lipinski definition) is 4. The molecule has 0 saturated carbocycles. The van der Waals surface area contributed by atoms with Gasteiger partial charge in [0.15, 0.2) is 0 Å². The molecule has 0 saturated heterocycles. The van der Waals surface area contributed by atoms with Crippen molar-refractivity contribution < 1.29 is 9.72 Å². The van der Waals surface area contributed by atoms with E-state index in [1.807, 2.05) is 32.9 Å². The Morgan fingerprint density at radius 1 is 1.08 bits per heavy atom. The second kappa shape index (κ2) is 6.05. The van der Waals surface area contributed by atoms with E-state index in [0.29, 0.717) is 10.3 Å². The van der Waals surface area contributed by atoms with E-state index in [9.17, 15) is 14.9 Å². The fourth-order valence-electron chi connectivity index (χ4n) is 2.81. The highest BCUT2D eigenvalue weighted by molar-refractivity contribution is 7.20. The average Bonchev–Trinajstić information content (AvgIpc) is 2.93. The molecule has 0 fully saturated rings. The van der Waals surface area contributed by atoms with Crippen molar-refractivity contribution in [3.63, 3.8) is 0 Å². The number of thiophene rings is 1. The van der Waals surface area contributed by atoms with Crippen LogP contribution in [0, 0.1) is 30.9 Å². The molecule has 1 amide bonds. The largest absolute Gasteiger partial charge is 0.321 e. The van der Waals surface area contributed by atoms with Crippen molar-refractivity contribution in [1.82, 2.24) is 0 Å². The number of nitro benzene ring substituents is 1. The van der Waals surface area contributed by atoms with Crippen LogP contribution < -0.4 is 5.32 Å². The van der Waals surface area contributed by atoms with Crippen LogP contribution in [0.3, 0.4) is 0 Å². The average molecular weight is 340 g/mol. The zero-order chi connectivity index (χ0) is 17.4. The number of aryl methyl sites for hydroxylation is 3. The van der Waals surface area contributed by atoms with Gasteiger partial charge in [-0.15, -0.1) is 11.3 Å². The Bertz CT molecular complexity index is 953. The van der Waals surface area contributed by atoms with Crippen molar-refractivity contribution in [2.75, 3.05) is 5.32 Å². The van der Waals surface area contributed by atoms with Crippen molar-refractivity contribution in [3.05, 3.63) is 68.1 Å². The minimum Gasteiger partial charge on any atom is -0.321 e. The maximum absolute atomic E-state index is 12.6. The lowest BCUT2D eigenvalue weighted by Crippen LogP contribution is -2.12. The summed E-state index contributed by atoms with van der Waals surface area (Å²) in [5.41, 5.74) is 4.01. The molecule has 0 aliphatic rings.